The van der Waals surface area contributed by atoms with Crippen molar-refractivity contribution in [3.05, 3.63) is 102 Å². The minimum absolute atomic E-state index is 0.0292. The van der Waals surface area contributed by atoms with E-state index in [1.165, 1.54) is 0 Å². The van der Waals surface area contributed by atoms with Gasteiger partial charge in [0.1, 0.15) is 11.8 Å². The van der Waals surface area contributed by atoms with Gasteiger partial charge in [-0.05, 0) is 23.3 Å². The number of amides is 1. The number of likely N-dealkylation sites (tertiary alicyclic amines) is 1. The van der Waals surface area contributed by atoms with Gasteiger partial charge in [-0.2, -0.15) is 0 Å². The maximum Gasteiger partial charge on any atom is 0.267 e. The zero-order chi connectivity index (χ0) is 17.1. The second-order valence-electron chi connectivity index (χ2n) is 6.16. The SMILES string of the molecule is O=C1[C@H](Oc2ccccc2)[C@@H](c2ccccc2)N1Cc1ccccc1. The van der Waals surface area contributed by atoms with Gasteiger partial charge >= 0.3 is 0 Å². The van der Waals surface area contributed by atoms with Gasteiger partial charge in [0.15, 0.2) is 0 Å². The lowest BCUT2D eigenvalue weighted by Gasteiger charge is -2.46. The molecule has 1 saturated heterocycles. The molecule has 1 aliphatic heterocycles. The number of β-lactam (4-membered cyclic amide) rings is 1. The Morgan fingerprint density at radius 3 is 1.96 bits per heavy atom. The van der Waals surface area contributed by atoms with Crippen LogP contribution >= 0.6 is 0 Å². The van der Waals surface area contributed by atoms with Gasteiger partial charge in [-0.3, -0.25) is 4.79 Å². The van der Waals surface area contributed by atoms with E-state index < -0.39 is 6.10 Å². The van der Waals surface area contributed by atoms with Crippen molar-refractivity contribution in [3.8, 4) is 5.75 Å². The normalized spacial score (nSPS) is 19.4. The zero-order valence-electron chi connectivity index (χ0n) is 13.8. The Hall–Kier alpha value is -3.07. The minimum Gasteiger partial charge on any atom is -0.478 e. The van der Waals surface area contributed by atoms with Crippen LogP contribution in [-0.4, -0.2) is 16.9 Å². The van der Waals surface area contributed by atoms with Gasteiger partial charge in [-0.1, -0.05) is 78.9 Å². The van der Waals surface area contributed by atoms with Crippen molar-refractivity contribution < 1.29 is 9.53 Å². The number of carbonyl (C=O) groups excluding carboxylic acids is 1. The van der Waals surface area contributed by atoms with Crippen LogP contribution in [0.3, 0.4) is 0 Å². The van der Waals surface area contributed by atoms with E-state index in [9.17, 15) is 4.79 Å². The topological polar surface area (TPSA) is 29.5 Å². The number of carbonyl (C=O) groups is 1. The number of nitrogens with zero attached hydrogens (tertiary/aromatic N) is 1. The number of rotatable bonds is 5. The Balaban J connectivity index is 1.60. The van der Waals surface area contributed by atoms with Gasteiger partial charge in [-0.25, -0.2) is 0 Å². The summed E-state index contributed by atoms with van der Waals surface area (Å²) in [6, 6.07) is 29.6. The average Bonchev–Trinajstić information content (AvgIpc) is 2.69. The molecule has 4 rings (SSSR count). The molecule has 0 radical (unpaired) electrons. The zero-order valence-corrected chi connectivity index (χ0v) is 13.8. The molecule has 1 fully saturated rings. The van der Waals surface area contributed by atoms with Crippen LogP contribution < -0.4 is 4.74 Å². The van der Waals surface area contributed by atoms with Crippen LogP contribution in [0.2, 0.25) is 0 Å². The summed E-state index contributed by atoms with van der Waals surface area (Å²) < 4.78 is 6.01. The summed E-state index contributed by atoms with van der Waals surface area (Å²) in [6.07, 6.45) is -0.478. The molecule has 0 unspecified atom stereocenters. The highest BCUT2D eigenvalue weighted by Crippen LogP contribution is 2.38. The first kappa shape index (κ1) is 15.5. The lowest BCUT2D eigenvalue weighted by Crippen LogP contribution is -2.60. The molecule has 25 heavy (non-hydrogen) atoms. The Morgan fingerprint density at radius 2 is 1.32 bits per heavy atom. The monoisotopic (exact) mass is 329 g/mol. The fourth-order valence-corrected chi connectivity index (χ4v) is 3.24. The van der Waals surface area contributed by atoms with Gasteiger partial charge in [0.05, 0.1) is 0 Å². The van der Waals surface area contributed by atoms with Crippen molar-refractivity contribution in [2.75, 3.05) is 0 Å². The van der Waals surface area contributed by atoms with Crippen molar-refractivity contribution in [2.45, 2.75) is 18.7 Å². The van der Waals surface area contributed by atoms with E-state index in [1.807, 2.05) is 83.8 Å². The molecular formula is C22H19NO2. The van der Waals surface area contributed by atoms with Crippen LogP contribution in [0.1, 0.15) is 17.2 Å². The molecule has 0 saturated carbocycles. The van der Waals surface area contributed by atoms with Gasteiger partial charge in [0.25, 0.3) is 5.91 Å². The third-order valence-electron chi connectivity index (χ3n) is 4.49. The number of hydrogen-bond acceptors (Lipinski definition) is 2. The van der Waals surface area contributed by atoms with Gasteiger partial charge in [0.2, 0.25) is 6.10 Å². The van der Waals surface area contributed by atoms with Gasteiger partial charge < -0.3 is 9.64 Å². The molecule has 2 atom stereocenters. The fourth-order valence-electron chi connectivity index (χ4n) is 3.24. The van der Waals surface area contributed by atoms with Crippen LogP contribution in [0.25, 0.3) is 0 Å². The second kappa shape index (κ2) is 6.81. The molecule has 0 aromatic heterocycles. The van der Waals surface area contributed by atoms with E-state index in [4.69, 9.17) is 4.74 Å². The van der Waals surface area contributed by atoms with Crippen LogP contribution in [0.5, 0.6) is 5.75 Å². The molecule has 124 valence electrons. The first-order valence-corrected chi connectivity index (χ1v) is 8.44. The largest absolute Gasteiger partial charge is 0.478 e. The summed E-state index contributed by atoms with van der Waals surface area (Å²) in [4.78, 5) is 14.6. The van der Waals surface area contributed by atoms with E-state index in [2.05, 4.69) is 12.1 Å². The molecule has 0 N–H and O–H groups in total. The third kappa shape index (κ3) is 3.13. The van der Waals surface area contributed by atoms with Crippen molar-refractivity contribution in [2.24, 2.45) is 0 Å². The molecule has 3 nitrogen and oxygen atoms in total. The average molecular weight is 329 g/mol. The maximum absolute atomic E-state index is 12.8. The van der Waals surface area contributed by atoms with E-state index in [-0.39, 0.29) is 11.9 Å². The summed E-state index contributed by atoms with van der Waals surface area (Å²) in [7, 11) is 0. The summed E-state index contributed by atoms with van der Waals surface area (Å²) in [5.74, 6) is 0.753. The molecule has 1 amide bonds. The summed E-state index contributed by atoms with van der Waals surface area (Å²) in [5.41, 5.74) is 2.22. The highest BCUT2D eigenvalue weighted by Gasteiger charge is 2.49. The number of benzene rings is 3. The molecule has 0 bridgehead atoms. The first-order valence-electron chi connectivity index (χ1n) is 8.44. The Labute approximate surface area is 147 Å². The lowest BCUT2D eigenvalue weighted by molar-refractivity contribution is -0.165. The highest BCUT2D eigenvalue weighted by molar-refractivity contribution is 5.89. The number of para-hydroxylation sites is 1. The molecule has 3 aromatic rings. The quantitative estimate of drug-likeness (QED) is 0.656. The fraction of sp³-hybridized carbons (Fsp3) is 0.136. The molecule has 0 aliphatic carbocycles. The van der Waals surface area contributed by atoms with E-state index in [0.29, 0.717) is 6.54 Å². The predicted octanol–water partition coefficient (Wildman–Crippen LogP) is 4.22. The molecular weight excluding hydrogens is 310 g/mol. The van der Waals surface area contributed by atoms with Crippen molar-refractivity contribution in [3.63, 3.8) is 0 Å². The Bertz CT molecular complexity index is 782. The third-order valence-corrected chi connectivity index (χ3v) is 4.49. The molecule has 0 spiro atoms. The van der Waals surface area contributed by atoms with E-state index >= 15 is 0 Å². The van der Waals surface area contributed by atoms with Crippen molar-refractivity contribution in [1.82, 2.24) is 4.90 Å². The molecule has 1 aliphatic rings. The van der Waals surface area contributed by atoms with E-state index in [0.717, 1.165) is 16.9 Å². The highest BCUT2D eigenvalue weighted by atomic mass is 16.5. The van der Waals surface area contributed by atoms with Gasteiger partial charge in [-0.15, -0.1) is 0 Å². The summed E-state index contributed by atoms with van der Waals surface area (Å²) in [6.45, 7) is 0.591. The molecule has 1 heterocycles. The lowest BCUT2D eigenvalue weighted by atomic mass is 9.90. The van der Waals surface area contributed by atoms with Gasteiger partial charge in [0, 0.05) is 6.54 Å². The minimum atomic E-state index is -0.478. The van der Waals surface area contributed by atoms with E-state index in [1.54, 1.807) is 0 Å². The molecule has 3 aromatic carbocycles. The van der Waals surface area contributed by atoms with Crippen LogP contribution in [-0.2, 0) is 11.3 Å². The summed E-state index contributed by atoms with van der Waals surface area (Å²) >= 11 is 0. The second-order valence-corrected chi connectivity index (χ2v) is 6.16. The summed E-state index contributed by atoms with van der Waals surface area (Å²) in [5, 5.41) is 0. The van der Waals surface area contributed by atoms with Crippen LogP contribution in [0.15, 0.2) is 91.0 Å². The standard InChI is InChI=1S/C22H19NO2/c24-22-21(25-19-14-8-3-9-15-19)20(18-12-6-2-7-13-18)23(22)16-17-10-4-1-5-11-17/h1-15,20-21H,16H2/t20-,21-/m1/s1. The first-order chi connectivity index (χ1) is 12.3. The number of ether oxygens (including phenoxy) is 1. The number of hydrogen-bond donors (Lipinski definition) is 0. The Morgan fingerprint density at radius 1 is 0.760 bits per heavy atom. The Kier molecular flexibility index (Phi) is 4.21. The van der Waals surface area contributed by atoms with Crippen LogP contribution in [0, 0.1) is 0 Å². The van der Waals surface area contributed by atoms with Crippen molar-refractivity contribution >= 4 is 5.91 Å². The van der Waals surface area contributed by atoms with Crippen LogP contribution in [0.4, 0.5) is 0 Å². The maximum atomic E-state index is 12.8. The van der Waals surface area contributed by atoms with Crippen molar-refractivity contribution in [1.29, 1.82) is 0 Å². The smallest absolute Gasteiger partial charge is 0.267 e. The predicted molar refractivity (Wildman–Crippen MR) is 97.0 cm³/mol. The molecule has 3 heteroatoms.